The second-order valence-electron chi connectivity index (χ2n) is 8.31. The van der Waals surface area contributed by atoms with Crippen molar-refractivity contribution in [3.63, 3.8) is 0 Å². The fraction of sp³-hybridized carbons (Fsp3) is 0.148. The van der Waals surface area contributed by atoms with E-state index < -0.39 is 0 Å². The van der Waals surface area contributed by atoms with Gasteiger partial charge in [0.15, 0.2) is 5.17 Å². The monoisotopic (exact) mass is 452 g/mol. The molecule has 0 atom stereocenters. The van der Waals surface area contributed by atoms with Gasteiger partial charge in [0.1, 0.15) is 5.84 Å². The van der Waals surface area contributed by atoms with Gasteiger partial charge in [0.05, 0.1) is 11.3 Å². The number of amidine groups is 2. The van der Waals surface area contributed by atoms with Crippen LogP contribution in [0.1, 0.15) is 33.6 Å². The molecule has 164 valence electrons. The highest BCUT2D eigenvalue weighted by molar-refractivity contribution is 8.17. The number of fused-ring (bicyclic) bond motifs is 1. The molecule has 6 heteroatoms. The van der Waals surface area contributed by atoms with Crippen molar-refractivity contribution in [3.8, 4) is 5.69 Å². The predicted octanol–water partition coefficient (Wildman–Crippen LogP) is 6.02. The molecule has 0 unspecified atom stereocenters. The number of aliphatic imine (C=N–C) groups is 1. The zero-order valence-corrected chi connectivity index (χ0v) is 19.8. The van der Waals surface area contributed by atoms with Gasteiger partial charge in [-0.3, -0.25) is 15.1 Å². The summed E-state index contributed by atoms with van der Waals surface area (Å²) < 4.78 is 2.21. The van der Waals surface area contributed by atoms with Gasteiger partial charge in [-0.25, -0.2) is 0 Å². The van der Waals surface area contributed by atoms with E-state index in [1.807, 2.05) is 42.7 Å². The molecule has 3 heterocycles. The van der Waals surface area contributed by atoms with Crippen LogP contribution in [0.2, 0.25) is 0 Å². The van der Waals surface area contributed by atoms with Gasteiger partial charge >= 0.3 is 0 Å². The molecule has 5 rings (SSSR count). The van der Waals surface area contributed by atoms with E-state index in [9.17, 15) is 4.79 Å². The van der Waals surface area contributed by atoms with Crippen LogP contribution in [0.15, 0.2) is 70.6 Å². The molecule has 0 fully saturated rings. The minimum atomic E-state index is -0.377. The Kier molecular flexibility index (Phi) is 5.17. The van der Waals surface area contributed by atoms with E-state index in [4.69, 9.17) is 5.41 Å². The van der Waals surface area contributed by atoms with Crippen LogP contribution in [0.25, 0.3) is 17.5 Å². The molecule has 0 saturated carbocycles. The van der Waals surface area contributed by atoms with E-state index in [2.05, 4.69) is 54.6 Å². The van der Waals surface area contributed by atoms with E-state index in [0.717, 1.165) is 33.9 Å². The van der Waals surface area contributed by atoms with Crippen molar-refractivity contribution in [2.75, 3.05) is 0 Å². The van der Waals surface area contributed by atoms with Crippen molar-refractivity contribution in [1.82, 2.24) is 9.47 Å². The van der Waals surface area contributed by atoms with Gasteiger partial charge in [-0.2, -0.15) is 4.99 Å². The summed E-state index contributed by atoms with van der Waals surface area (Å²) in [5.41, 5.74) is 8.75. The Bertz CT molecular complexity index is 1410. The minimum absolute atomic E-state index is 0.154. The molecule has 0 saturated heterocycles. The van der Waals surface area contributed by atoms with Gasteiger partial charge in [0.25, 0.3) is 5.91 Å². The lowest BCUT2D eigenvalue weighted by molar-refractivity contribution is -0.114. The number of nitrogens with one attached hydrogen (secondary N) is 1. The Hall–Kier alpha value is -3.64. The number of aryl methyl sites for hydroxylation is 2. The summed E-state index contributed by atoms with van der Waals surface area (Å²) >= 11 is 1.38. The Labute approximate surface area is 197 Å². The van der Waals surface area contributed by atoms with Crippen LogP contribution >= 0.6 is 11.8 Å². The zero-order valence-electron chi connectivity index (χ0n) is 19.0. The predicted molar refractivity (Wildman–Crippen MR) is 137 cm³/mol. The SMILES string of the molecule is Cc1cccc(-n2c(C)cc(C=C3C(=N)N4C(c5ccccc5)=CSC4=NC3=O)c2C)c1C. The smallest absolute Gasteiger partial charge is 0.283 e. The Morgan fingerprint density at radius 1 is 1.00 bits per heavy atom. The highest BCUT2D eigenvalue weighted by Gasteiger charge is 2.36. The lowest BCUT2D eigenvalue weighted by Crippen LogP contribution is -2.38. The molecule has 1 aromatic heterocycles. The van der Waals surface area contributed by atoms with Crippen LogP contribution in [-0.4, -0.2) is 26.4 Å². The molecule has 0 aliphatic carbocycles. The van der Waals surface area contributed by atoms with Crippen molar-refractivity contribution >= 4 is 40.4 Å². The van der Waals surface area contributed by atoms with E-state index in [1.165, 1.54) is 22.9 Å². The summed E-state index contributed by atoms with van der Waals surface area (Å²) in [6, 6.07) is 18.2. The highest BCUT2D eigenvalue weighted by Crippen LogP contribution is 2.37. The maximum atomic E-state index is 12.9. The van der Waals surface area contributed by atoms with Gasteiger partial charge < -0.3 is 4.57 Å². The first-order valence-electron chi connectivity index (χ1n) is 10.8. The van der Waals surface area contributed by atoms with Gasteiger partial charge in [0.2, 0.25) is 0 Å². The topological polar surface area (TPSA) is 61.5 Å². The summed E-state index contributed by atoms with van der Waals surface area (Å²) in [6.07, 6.45) is 1.81. The quantitative estimate of drug-likeness (QED) is 0.495. The molecule has 33 heavy (non-hydrogen) atoms. The number of rotatable bonds is 3. The zero-order chi connectivity index (χ0) is 23.3. The number of amides is 1. The summed E-state index contributed by atoms with van der Waals surface area (Å²) in [4.78, 5) is 19.0. The maximum Gasteiger partial charge on any atom is 0.283 e. The van der Waals surface area contributed by atoms with Crippen molar-refractivity contribution in [1.29, 1.82) is 5.41 Å². The fourth-order valence-corrected chi connectivity index (χ4v) is 5.24. The first kappa shape index (κ1) is 21.2. The van der Waals surface area contributed by atoms with Crippen molar-refractivity contribution < 1.29 is 4.79 Å². The largest absolute Gasteiger partial charge is 0.318 e. The van der Waals surface area contributed by atoms with E-state index in [-0.39, 0.29) is 11.7 Å². The second kappa shape index (κ2) is 8.05. The lowest BCUT2D eigenvalue weighted by Gasteiger charge is -2.26. The van der Waals surface area contributed by atoms with Crippen LogP contribution in [-0.2, 0) is 4.79 Å². The molecule has 1 N–H and O–H groups in total. The van der Waals surface area contributed by atoms with Crippen LogP contribution in [0.3, 0.4) is 0 Å². The third kappa shape index (κ3) is 3.47. The molecule has 2 aromatic carbocycles. The van der Waals surface area contributed by atoms with E-state index in [0.29, 0.717) is 10.7 Å². The number of hydrogen-bond acceptors (Lipinski definition) is 3. The average molecular weight is 453 g/mol. The van der Waals surface area contributed by atoms with Crippen LogP contribution in [0.5, 0.6) is 0 Å². The lowest BCUT2D eigenvalue weighted by atomic mass is 10.1. The van der Waals surface area contributed by atoms with Crippen LogP contribution < -0.4 is 0 Å². The van der Waals surface area contributed by atoms with Crippen molar-refractivity contribution in [2.45, 2.75) is 27.7 Å². The molecule has 5 nitrogen and oxygen atoms in total. The van der Waals surface area contributed by atoms with Crippen LogP contribution in [0, 0.1) is 33.1 Å². The molecular weight excluding hydrogens is 428 g/mol. The van der Waals surface area contributed by atoms with Gasteiger partial charge in [-0.05, 0) is 68.2 Å². The maximum absolute atomic E-state index is 12.9. The number of thioether (sulfide) groups is 1. The molecule has 2 aliphatic rings. The molecule has 3 aromatic rings. The Balaban J connectivity index is 1.57. The molecule has 1 amide bonds. The number of hydrogen-bond donors (Lipinski definition) is 1. The number of carbonyl (C=O) groups is 1. The number of aromatic nitrogens is 1. The Morgan fingerprint density at radius 3 is 2.52 bits per heavy atom. The highest BCUT2D eigenvalue weighted by atomic mass is 32.2. The number of carbonyl (C=O) groups excluding carboxylic acids is 1. The van der Waals surface area contributed by atoms with Crippen molar-refractivity contribution in [3.05, 3.63) is 99.2 Å². The first-order chi connectivity index (χ1) is 15.9. The molecule has 0 radical (unpaired) electrons. The summed E-state index contributed by atoms with van der Waals surface area (Å²) in [7, 11) is 0. The third-order valence-electron chi connectivity index (χ3n) is 6.27. The summed E-state index contributed by atoms with van der Waals surface area (Å²) in [6.45, 7) is 8.35. The van der Waals surface area contributed by atoms with E-state index >= 15 is 0 Å². The minimum Gasteiger partial charge on any atom is -0.318 e. The van der Waals surface area contributed by atoms with Gasteiger partial charge in [-0.1, -0.05) is 54.2 Å². The number of benzene rings is 2. The molecule has 0 bridgehead atoms. The molecule has 0 spiro atoms. The third-order valence-corrected chi connectivity index (χ3v) is 7.10. The second-order valence-corrected chi connectivity index (χ2v) is 9.15. The Morgan fingerprint density at radius 2 is 1.76 bits per heavy atom. The fourth-order valence-electron chi connectivity index (χ4n) is 4.35. The molecular formula is C27H24N4OS. The normalized spacial score (nSPS) is 16.8. The van der Waals surface area contributed by atoms with Gasteiger partial charge in [-0.15, -0.1) is 0 Å². The standard InChI is InChI=1S/C27H24N4OS/c1-16-9-8-12-23(18(16)3)30-17(2)13-21(19(30)4)14-22-25(28)31-24(20-10-6-5-7-11-20)15-33-27(31)29-26(22)32/h5-15,28H,1-4H3. The van der Waals surface area contributed by atoms with Crippen molar-refractivity contribution in [2.24, 2.45) is 4.99 Å². The molecule has 2 aliphatic heterocycles. The van der Waals surface area contributed by atoms with Gasteiger partial charge in [0, 0.05) is 22.5 Å². The van der Waals surface area contributed by atoms with Crippen LogP contribution in [0.4, 0.5) is 0 Å². The first-order valence-corrected chi connectivity index (χ1v) is 11.7. The summed E-state index contributed by atoms with van der Waals surface area (Å²) in [5, 5.41) is 11.4. The number of nitrogens with zero attached hydrogens (tertiary/aromatic N) is 3. The summed E-state index contributed by atoms with van der Waals surface area (Å²) in [5.74, 6) is -0.223. The van der Waals surface area contributed by atoms with E-state index in [1.54, 1.807) is 11.0 Å². The average Bonchev–Trinajstić information content (AvgIpc) is 3.34.